The molecular weight excluding hydrogens is 120 g/mol. The maximum absolute atomic E-state index is 9.97. The first-order valence-electron chi connectivity index (χ1n) is 2.54. The van der Waals surface area contributed by atoms with E-state index >= 15 is 0 Å². The second kappa shape index (κ2) is 3.87. The summed E-state index contributed by atoms with van der Waals surface area (Å²) < 4.78 is 0. The van der Waals surface area contributed by atoms with Crippen molar-refractivity contribution in [1.29, 1.82) is 5.26 Å². The lowest BCUT2D eigenvalue weighted by molar-refractivity contribution is -0.138. The zero-order valence-electron chi connectivity index (χ0n) is 4.87. The summed E-state index contributed by atoms with van der Waals surface area (Å²) in [6.45, 7) is 0. The maximum atomic E-state index is 9.97. The van der Waals surface area contributed by atoms with Gasteiger partial charge in [0.05, 0.1) is 6.07 Å². The topological polar surface area (TPSA) is 87.1 Å². The van der Waals surface area contributed by atoms with Crippen LogP contribution in [0.4, 0.5) is 0 Å². The van der Waals surface area contributed by atoms with Gasteiger partial charge in [-0.05, 0) is 6.42 Å². The van der Waals surface area contributed by atoms with Crippen LogP contribution in [0.15, 0.2) is 0 Å². The van der Waals surface area contributed by atoms with Crippen LogP contribution in [0.5, 0.6) is 0 Å². The Labute approximate surface area is 52.9 Å². The summed E-state index contributed by atoms with van der Waals surface area (Å²) in [5.74, 6) is -1.05. The molecule has 50 valence electrons. The molecule has 0 unspecified atom stereocenters. The molecule has 0 fully saturated rings. The molecule has 0 aromatic rings. The zero-order valence-corrected chi connectivity index (χ0v) is 4.87. The largest absolute Gasteiger partial charge is 0.480 e. The van der Waals surface area contributed by atoms with Gasteiger partial charge in [0.15, 0.2) is 0 Å². The summed E-state index contributed by atoms with van der Waals surface area (Å²) in [4.78, 5) is 9.97. The Balaban J connectivity index is 3.41. The van der Waals surface area contributed by atoms with Crippen LogP contribution in [0, 0.1) is 11.3 Å². The molecule has 0 radical (unpaired) electrons. The fraction of sp³-hybridized carbons (Fsp3) is 0.600. The fourth-order valence-electron chi connectivity index (χ4n) is 0.344. The van der Waals surface area contributed by atoms with Crippen LogP contribution in [0.3, 0.4) is 0 Å². The van der Waals surface area contributed by atoms with Gasteiger partial charge in [-0.1, -0.05) is 0 Å². The van der Waals surface area contributed by atoms with Gasteiger partial charge < -0.3 is 10.8 Å². The van der Waals surface area contributed by atoms with Crippen LogP contribution in [0.2, 0.25) is 0 Å². The fourth-order valence-corrected chi connectivity index (χ4v) is 0.344. The molecule has 0 aromatic carbocycles. The summed E-state index contributed by atoms with van der Waals surface area (Å²) in [6, 6.07) is 0.926. The maximum Gasteiger partial charge on any atom is 0.320 e. The highest BCUT2D eigenvalue weighted by molar-refractivity contribution is 5.72. The molecule has 9 heavy (non-hydrogen) atoms. The van der Waals surface area contributed by atoms with Crippen molar-refractivity contribution in [3.8, 4) is 6.07 Å². The molecule has 0 amide bonds. The zero-order chi connectivity index (χ0) is 7.28. The van der Waals surface area contributed by atoms with Gasteiger partial charge in [0.1, 0.15) is 6.04 Å². The number of nitriles is 1. The van der Waals surface area contributed by atoms with Crippen molar-refractivity contribution in [1.82, 2.24) is 0 Å². The van der Waals surface area contributed by atoms with Crippen molar-refractivity contribution in [2.45, 2.75) is 18.9 Å². The van der Waals surface area contributed by atoms with Gasteiger partial charge in [0, 0.05) is 6.42 Å². The molecule has 0 aliphatic rings. The number of hydrogen-bond donors (Lipinski definition) is 2. The number of carboxylic acids is 1. The summed E-state index contributed by atoms with van der Waals surface area (Å²) in [5.41, 5.74) is 5.05. The number of carboxylic acid groups (broad SMARTS) is 1. The van der Waals surface area contributed by atoms with Gasteiger partial charge >= 0.3 is 5.97 Å². The van der Waals surface area contributed by atoms with Crippen LogP contribution in [0.1, 0.15) is 12.8 Å². The van der Waals surface area contributed by atoms with Crippen molar-refractivity contribution in [3.05, 3.63) is 0 Å². The van der Waals surface area contributed by atoms with E-state index in [0.717, 1.165) is 0 Å². The third kappa shape index (κ3) is 3.50. The Hall–Kier alpha value is -1.08. The minimum Gasteiger partial charge on any atom is -0.480 e. The van der Waals surface area contributed by atoms with Gasteiger partial charge in [-0.25, -0.2) is 0 Å². The molecule has 3 N–H and O–H groups in total. The standard InChI is InChI=1S/C5H8N2O2/c6-3-1-2-4(7)5(8)9/h4H,1-2,7H2,(H,8,9)/t4-/m1/s1. The highest BCUT2D eigenvalue weighted by Crippen LogP contribution is 1.91. The molecule has 0 aliphatic heterocycles. The van der Waals surface area contributed by atoms with E-state index in [0.29, 0.717) is 0 Å². The summed E-state index contributed by atoms with van der Waals surface area (Å²) in [6.07, 6.45) is 0.430. The Morgan fingerprint density at radius 3 is 2.78 bits per heavy atom. The molecule has 0 heterocycles. The van der Waals surface area contributed by atoms with E-state index in [1.54, 1.807) is 0 Å². The van der Waals surface area contributed by atoms with E-state index in [9.17, 15) is 4.79 Å². The average Bonchev–Trinajstić information content (AvgIpc) is 1.82. The lowest BCUT2D eigenvalue weighted by Crippen LogP contribution is -2.29. The van der Waals surface area contributed by atoms with Crippen molar-refractivity contribution >= 4 is 5.97 Å². The number of nitrogens with zero attached hydrogens (tertiary/aromatic N) is 1. The first kappa shape index (κ1) is 7.92. The SMILES string of the molecule is N#CCC[C@@H](N)C(=O)O. The molecule has 0 spiro atoms. The molecule has 4 heteroatoms. The van der Waals surface area contributed by atoms with Gasteiger partial charge in [-0.3, -0.25) is 4.79 Å². The van der Waals surface area contributed by atoms with Crippen LogP contribution in [-0.4, -0.2) is 17.1 Å². The van der Waals surface area contributed by atoms with E-state index in [1.807, 2.05) is 6.07 Å². The number of aliphatic carboxylic acids is 1. The van der Waals surface area contributed by atoms with Crippen LogP contribution < -0.4 is 5.73 Å². The van der Waals surface area contributed by atoms with Crippen LogP contribution >= 0.6 is 0 Å². The van der Waals surface area contributed by atoms with E-state index < -0.39 is 12.0 Å². The number of hydrogen-bond acceptors (Lipinski definition) is 3. The number of nitrogens with two attached hydrogens (primary N) is 1. The number of rotatable bonds is 3. The first-order valence-corrected chi connectivity index (χ1v) is 2.54. The predicted molar refractivity (Wildman–Crippen MR) is 30.5 cm³/mol. The third-order valence-corrected chi connectivity index (χ3v) is 0.884. The monoisotopic (exact) mass is 128 g/mol. The molecule has 1 atom stereocenters. The van der Waals surface area contributed by atoms with Crippen molar-refractivity contribution in [2.24, 2.45) is 5.73 Å². The second-order valence-corrected chi connectivity index (χ2v) is 1.64. The molecule has 0 rings (SSSR count). The highest BCUT2D eigenvalue weighted by Gasteiger charge is 2.09. The summed E-state index contributed by atoms with van der Waals surface area (Å²) >= 11 is 0. The van der Waals surface area contributed by atoms with Gasteiger partial charge in [0.25, 0.3) is 0 Å². The molecule has 0 aromatic heterocycles. The smallest absolute Gasteiger partial charge is 0.320 e. The van der Waals surface area contributed by atoms with Crippen LogP contribution in [-0.2, 0) is 4.79 Å². The normalized spacial score (nSPS) is 12.0. The molecule has 0 saturated carbocycles. The number of carbonyl (C=O) groups is 1. The first-order chi connectivity index (χ1) is 4.18. The lowest BCUT2D eigenvalue weighted by Gasteiger charge is -1.99. The predicted octanol–water partition coefficient (Wildman–Crippen LogP) is -0.298. The third-order valence-electron chi connectivity index (χ3n) is 0.884. The van der Waals surface area contributed by atoms with Crippen LogP contribution in [0.25, 0.3) is 0 Å². The minimum absolute atomic E-state index is 0.202. The van der Waals surface area contributed by atoms with Gasteiger partial charge in [-0.2, -0.15) is 5.26 Å². The Bertz CT molecular complexity index is 138. The minimum atomic E-state index is -1.05. The van der Waals surface area contributed by atoms with E-state index in [-0.39, 0.29) is 12.8 Å². The van der Waals surface area contributed by atoms with E-state index in [4.69, 9.17) is 16.1 Å². The second-order valence-electron chi connectivity index (χ2n) is 1.64. The van der Waals surface area contributed by atoms with Crippen molar-refractivity contribution in [3.63, 3.8) is 0 Å². The Kier molecular flexibility index (Phi) is 3.40. The lowest BCUT2D eigenvalue weighted by atomic mass is 10.2. The Morgan fingerprint density at radius 1 is 1.89 bits per heavy atom. The molecule has 0 bridgehead atoms. The van der Waals surface area contributed by atoms with Gasteiger partial charge in [-0.15, -0.1) is 0 Å². The molecule has 0 aliphatic carbocycles. The van der Waals surface area contributed by atoms with E-state index in [2.05, 4.69) is 0 Å². The highest BCUT2D eigenvalue weighted by atomic mass is 16.4. The average molecular weight is 128 g/mol. The summed E-state index contributed by atoms with van der Waals surface area (Å²) in [7, 11) is 0. The molecular formula is C5H8N2O2. The van der Waals surface area contributed by atoms with E-state index in [1.165, 1.54) is 0 Å². The quantitative estimate of drug-likeness (QED) is 0.546. The van der Waals surface area contributed by atoms with Gasteiger partial charge in [0.2, 0.25) is 0 Å². The Morgan fingerprint density at radius 2 is 2.44 bits per heavy atom. The van der Waals surface area contributed by atoms with Crippen molar-refractivity contribution < 1.29 is 9.90 Å². The van der Waals surface area contributed by atoms with Crippen molar-refractivity contribution in [2.75, 3.05) is 0 Å². The molecule has 0 saturated heterocycles. The summed E-state index contributed by atoms with van der Waals surface area (Å²) in [5, 5.41) is 16.2. The molecule has 4 nitrogen and oxygen atoms in total.